The number of nitrogens with one attached hydrogen (secondary N) is 1. The molecular weight excluding hydrogens is 471 g/mol. The van der Waals surface area contributed by atoms with E-state index in [1.54, 1.807) is 35.2 Å². The molecule has 5 nitrogen and oxygen atoms in total. The molecule has 1 heterocycles. The number of carbonyl (C=O) groups is 1. The molecule has 2 aliphatic rings. The van der Waals surface area contributed by atoms with Gasteiger partial charge in [-0.15, -0.1) is 0 Å². The topological polar surface area (TPSA) is 50.8 Å². The molecule has 1 aliphatic carbocycles. The highest BCUT2D eigenvalue weighted by atomic mass is 19.4. The van der Waals surface area contributed by atoms with Crippen LogP contribution in [-0.2, 0) is 10.9 Å². The number of carbonyl (C=O) groups excluding carboxylic acids is 1. The minimum atomic E-state index is -4.81. The van der Waals surface area contributed by atoms with Gasteiger partial charge in [0.2, 0.25) is 0 Å². The number of amides is 2. The van der Waals surface area contributed by atoms with Gasteiger partial charge in [0, 0.05) is 19.1 Å². The second kappa shape index (κ2) is 10.8. The molecule has 3 atom stereocenters. The van der Waals surface area contributed by atoms with Crippen molar-refractivity contribution in [3.05, 3.63) is 65.2 Å². The van der Waals surface area contributed by atoms with Crippen LogP contribution in [0, 0.1) is 0 Å². The van der Waals surface area contributed by atoms with Crippen LogP contribution in [0.1, 0.15) is 54.9 Å². The lowest BCUT2D eigenvalue weighted by molar-refractivity contribution is -0.140. The number of alkyl halides is 5. The molecule has 2 amide bonds. The Hall–Kier alpha value is -2.88. The first-order valence-electron chi connectivity index (χ1n) is 11.6. The van der Waals surface area contributed by atoms with Crippen LogP contribution in [-0.4, -0.2) is 42.8 Å². The predicted octanol–water partition coefficient (Wildman–Crippen LogP) is 6.14. The van der Waals surface area contributed by atoms with Gasteiger partial charge in [0.05, 0.1) is 11.7 Å². The molecule has 2 aromatic carbocycles. The summed E-state index contributed by atoms with van der Waals surface area (Å²) in [6.07, 6.45) is -2.69. The maximum atomic E-state index is 14.0. The summed E-state index contributed by atoms with van der Waals surface area (Å²) >= 11 is 0. The smallest absolute Gasteiger partial charge is 0.416 e. The van der Waals surface area contributed by atoms with Crippen LogP contribution in [0.25, 0.3) is 0 Å². The molecular formula is C25H27F5N2O3. The van der Waals surface area contributed by atoms with Crippen LogP contribution in [0.2, 0.25) is 0 Å². The number of rotatable bonds is 7. The molecule has 190 valence electrons. The van der Waals surface area contributed by atoms with E-state index in [0.717, 1.165) is 44.5 Å². The number of benzene rings is 2. The van der Waals surface area contributed by atoms with Crippen molar-refractivity contribution < 1.29 is 36.2 Å². The van der Waals surface area contributed by atoms with Crippen molar-refractivity contribution in [2.75, 3.05) is 13.1 Å². The fraction of sp³-hybridized carbons (Fsp3) is 0.480. The van der Waals surface area contributed by atoms with E-state index in [2.05, 4.69) is 10.1 Å². The molecule has 4 rings (SSSR count). The quantitative estimate of drug-likeness (QED) is 0.467. The Labute approximate surface area is 200 Å². The van der Waals surface area contributed by atoms with Gasteiger partial charge < -0.3 is 19.7 Å². The van der Waals surface area contributed by atoms with Crippen LogP contribution < -0.4 is 10.1 Å². The fourth-order valence-electron chi connectivity index (χ4n) is 4.52. The van der Waals surface area contributed by atoms with Crippen molar-refractivity contribution in [3.8, 4) is 5.75 Å². The van der Waals surface area contributed by atoms with Crippen LogP contribution in [0.5, 0.6) is 5.75 Å². The number of hydrogen-bond acceptors (Lipinski definition) is 3. The molecule has 1 aliphatic heterocycles. The molecule has 35 heavy (non-hydrogen) atoms. The molecule has 3 unspecified atom stereocenters. The SMILES string of the molecule is O=C(NC1CCCC(OC(c2ccccc2)c2ccc(OC(F)F)cc2C(F)(F)F)C1)N1CCC1. The van der Waals surface area contributed by atoms with E-state index >= 15 is 0 Å². The van der Waals surface area contributed by atoms with Gasteiger partial charge in [-0.2, -0.15) is 22.0 Å². The molecule has 0 bridgehead atoms. The lowest BCUT2D eigenvalue weighted by Crippen LogP contribution is -2.52. The number of hydrogen-bond donors (Lipinski definition) is 1. The Balaban J connectivity index is 1.59. The second-order valence-electron chi connectivity index (χ2n) is 8.83. The van der Waals surface area contributed by atoms with Crippen molar-refractivity contribution in [2.24, 2.45) is 0 Å². The number of urea groups is 1. The molecule has 1 saturated carbocycles. The maximum Gasteiger partial charge on any atom is 0.416 e. The normalized spacial score (nSPS) is 21.4. The number of halogens is 5. The first kappa shape index (κ1) is 25.2. The van der Waals surface area contributed by atoms with E-state index in [4.69, 9.17) is 4.74 Å². The van der Waals surface area contributed by atoms with Crippen molar-refractivity contribution in [2.45, 2.75) is 63.1 Å². The summed E-state index contributed by atoms with van der Waals surface area (Å²) in [6, 6.07) is 11.0. The van der Waals surface area contributed by atoms with Gasteiger partial charge in [0.25, 0.3) is 0 Å². The molecule has 0 aromatic heterocycles. The van der Waals surface area contributed by atoms with Gasteiger partial charge in [0.1, 0.15) is 11.9 Å². The van der Waals surface area contributed by atoms with E-state index in [0.29, 0.717) is 24.5 Å². The van der Waals surface area contributed by atoms with Gasteiger partial charge in [-0.05, 0) is 55.4 Å². The molecule has 2 fully saturated rings. The van der Waals surface area contributed by atoms with Crippen LogP contribution in [0.3, 0.4) is 0 Å². The summed E-state index contributed by atoms with van der Waals surface area (Å²) in [5.41, 5.74) is -0.771. The molecule has 1 saturated heterocycles. The first-order valence-corrected chi connectivity index (χ1v) is 11.6. The predicted molar refractivity (Wildman–Crippen MR) is 118 cm³/mol. The zero-order chi connectivity index (χ0) is 25.0. The molecule has 2 aromatic rings. The summed E-state index contributed by atoms with van der Waals surface area (Å²) in [5.74, 6) is -0.575. The highest BCUT2D eigenvalue weighted by Gasteiger charge is 2.38. The van der Waals surface area contributed by atoms with Crippen molar-refractivity contribution >= 4 is 6.03 Å². The maximum absolute atomic E-state index is 14.0. The minimum Gasteiger partial charge on any atom is -0.435 e. The Morgan fingerprint density at radius 1 is 1.03 bits per heavy atom. The lowest BCUT2D eigenvalue weighted by Gasteiger charge is -2.36. The zero-order valence-corrected chi connectivity index (χ0v) is 18.9. The lowest BCUT2D eigenvalue weighted by atomic mass is 9.91. The fourth-order valence-corrected chi connectivity index (χ4v) is 4.52. The summed E-state index contributed by atoms with van der Waals surface area (Å²) in [6.45, 7) is -1.80. The highest BCUT2D eigenvalue weighted by molar-refractivity contribution is 5.75. The van der Waals surface area contributed by atoms with Crippen molar-refractivity contribution in [3.63, 3.8) is 0 Å². The Kier molecular flexibility index (Phi) is 7.78. The van der Waals surface area contributed by atoms with Crippen LogP contribution in [0.4, 0.5) is 26.7 Å². The summed E-state index contributed by atoms with van der Waals surface area (Å²) in [7, 11) is 0. The van der Waals surface area contributed by atoms with Gasteiger partial charge in [-0.1, -0.05) is 36.4 Å². The Morgan fingerprint density at radius 2 is 1.77 bits per heavy atom. The summed E-state index contributed by atoms with van der Waals surface area (Å²) < 4.78 is 77.7. The third-order valence-electron chi connectivity index (χ3n) is 6.37. The van der Waals surface area contributed by atoms with E-state index in [1.807, 2.05) is 0 Å². The van der Waals surface area contributed by atoms with Gasteiger partial charge in [0.15, 0.2) is 0 Å². The van der Waals surface area contributed by atoms with E-state index in [1.165, 1.54) is 0 Å². The number of likely N-dealkylation sites (tertiary alicyclic amines) is 1. The van der Waals surface area contributed by atoms with Gasteiger partial charge in [-0.25, -0.2) is 4.79 Å². The number of ether oxygens (including phenoxy) is 2. The van der Waals surface area contributed by atoms with Crippen LogP contribution >= 0.6 is 0 Å². The molecule has 0 radical (unpaired) electrons. The average molecular weight is 498 g/mol. The molecule has 1 N–H and O–H groups in total. The second-order valence-corrected chi connectivity index (χ2v) is 8.83. The standard InChI is InChI=1S/C25H27F5N2O3/c26-23(27)35-19-10-11-20(21(15-19)25(28,29)30)22(16-6-2-1-3-7-16)34-18-9-4-8-17(14-18)31-24(33)32-12-5-13-32/h1-3,6-7,10-11,15,17-18,22-23H,4-5,8-9,12-14H2,(H,31,33). The first-order chi connectivity index (χ1) is 16.7. The minimum absolute atomic E-state index is 0.129. The average Bonchev–Trinajstić information content (AvgIpc) is 2.76. The van der Waals surface area contributed by atoms with Crippen molar-refractivity contribution in [1.82, 2.24) is 10.2 Å². The number of nitrogens with zero attached hydrogens (tertiary/aromatic N) is 1. The summed E-state index contributed by atoms with van der Waals surface area (Å²) in [4.78, 5) is 14.0. The van der Waals surface area contributed by atoms with E-state index < -0.39 is 36.3 Å². The van der Waals surface area contributed by atoms with Gasteiger partial charge in [-0.3, -0.25) is 0 Å². The van der Waals surface area contributed by atoms with Crippen LogP contribution in [0.15, 0.2) is 48.5 Å². The van der Waals surface area contributed by atoms with E-state index in [9.17, 15) is 26.7 Å². The third kappa shape index (κ3) is 6.42. The zero-order valence-electron chi connectivity index (χ0n) is 18.9. The van der Waals surface area contributed by atoms with Crippen molar-refractivity contribution in [1.29, 1.82) is 0 Å². The Morgan fingerprint density at radius 3 is 2.40 bits per heavy atom. The third-order valence-corrected chi connectivity index (χ3v) is 6.37. The Bertz CT molecular complexity index is 998. The monoisotopic (exact) mass is 498 g/mol. The largest absolute Gasteiger partial charge is 0.435 e. The van der Waals surface area contributed by atoms with E-state index in [-0.39, 0.29) is 17.6 Å². The summed E-state index contributed by atoms with van der Waals surface area (Å²) in [5, 5.41) is 3.00. The molecule has 0 spiro atoms. The van der Waals surface area contributed by atoms with Gasteiger partial charge >= 0.3 is 18.8 Å². The molecule has 10 heteroatoms. The highest BCUT2D eigenvalue weighted by Crippen LogP contribution is 2.41.